The van der Waals surface area contributed by atoms with E-state index in [4.69, 9.17) is 10.00 Å². The maximum Gasteiger partial charge on any atom is 0.281 e. The number of benzene rings is 1. The lowest BCUT2D eigenvalue weighted by atomic mass is 10.1. The SMILES string of the molecule is Cn1nccc1-c1sc(Oc2cc(F)cc(C#N)c2)c2c1C(O)C(F)(F)C2. The van der Waals surface area contributed by atoms with Gasteiger partial charge in [0.25, 0.3) is 5.92 Å². The van der Waals surface area contributed by atoms with Crippen molar-refractivity contribution in [2.24, 2.45) is 7.05 Å². The Bertz CT molecular complexity index is 1080. The molecule has 1 aromatic carbocycles. The summed E-state index contributed by atoms with van der Waals surface area (Å²) in [5.41, 5.74) is 0.882. The molecule has 1 aliphatic carbocycles. The molecule has 2 heterocycles. The van der Waals surface area contributed by atoms with Crippen molar-refractivity contribution in [3.05, 3.63) is 53.0 Å². The van der Waals surface area contributed by atoms with Gasteiger partial charge >= 0.3 is 0 Å². The molecule has 0 spiro atoms. The number of rotatable bonds is 3. The fraction of sp³-hybridized carbons (Fsp3) is 0.222. The molecule has 4 rings (SSSR count). The molecule has 5 nitrogen and oxygen atoms in total. The van der Waals surface area contributed by atoms with Crippen molar-refractivity contribution in [3.63, 3.8) is 0 Å². The number of thiophene rings is 1. The van der Waals surface area contributed by atoms with Crippen LogP contribution in [-0.4, -0.2) is 20.8 Å². The Balaban J connectivity index is 1.84. The summed E-state index contributed by atoms with van der Waals surface area (Å²) in [5.74, 6) is -3.98. The predicted molar refractivity (Wildman–Crippen MR) is 91.3 cm³/mol. The Morgan fingerprint density at radius 3 is 2.85 bits per heavy atom. The first-order valence-corrected chi connectivity index (χ1v) is 8.70. The van der Waals surface area contributed by atoms with E-state index in [1.807, 2.05) is 6.07 Å². The molecule has 9 heteroatoms. The Kier molecular flexibility index (Phi) is 3.98. The molecule has 0 radical (unpaired) electrons. The van der Waals surface area contributed by atoms with E-state index >= 15 is 0 Å². The normalized spacial score (nSPS) is 17.6. The standard InChI is InChI=1S/C18H12F3N3O2S/c1-24-13(2-3-23-24)15-14-12(7-18(20,21)16(14)25)17(27-15)26-11-5-9(8-22)4-10(19)6-11/h2-6,16,25H,7H2,1H3. The Labute approximate surface area is 155 Å². The summed E-state index contributed by atoms with van der Waals surface area (Å²) >= 11 is 1.07. The molecule has 0 saturated carbocycles. The molecule has 27 heavy (non-hydrogen) atoms. The number of fused-ring (bicyclic) bond motifs is 1. The van der Waals surface area contributed by atoms with E-state index in [0.717, 1.165) is 23.5 Å². The van der Waals surface area contributed by atoms with Crippen LogP contribution in [0.15, 0.2) is 30.5 Å². The van der Waals surface area contributed by atoms with E-state index in [0.29, 0.717) is 10.6 Å². The Hall–Kier alpha value is -2.83. The highest BCUT2D eigenvalue weighted by atomic mass is 32.1. The van der Waals surface area contributed by atoms with Gasteiger partial charge in [0, 0.05) is 36.9 Å². The Morgan fingerprint density at radius 1 is 1.41 bits per heavy atom. The van der Waals surface area contributed by atoms with Crippen molar-refractivity contribution in [2.75, 3.05) is 0 Å². The molecule has 0 aliphatic heterocycles. The van der Waals surface area contributed by atoms with Gasteiger partial charge in [0.2, 0.25) is 0 Å². The van der Waals surface area contributed by atoms with E-state index in [2.05, 4.69) is 5.10 Å². The van der Waals surface area contributed by atoms with Crippen LogP contribution in [0.1, 0.15) is 22.8 Å². The highest BCUT2D eigenvalue weighted by Gasteiger charge is 2.51. The minimum atomic E-state index is -3.33. The average molecular weight is 391 g/mol. The quantitative estimate of drug-likeness (QED) is 0.727. The number of nitriles is 1. The first-order valence-electron chi connectivity index (χ1n) is 7.88. The van der Waals surface area contributed by atoms with Gasteiger partial charge in [0.05, 0.1) is 22.2 Å². The summed E-state index contributed by atoms with van der Waals surface area (Å²) in [7, 11) is 1.66. The number of ether oxygens (including phenoxy) is 1. The van der Waals surface area contributed by atoms with Crippen molar-refractivity contribution < 1.29 is 23.0 Å². The fourth-order valence-corrected chi connectivity index (χ4v) is 4.40. The number of aliphatic hydroxyl groups excluding tert-OH is 1. The summed E-state index contributed by atoms with van der Waals surface area (Å²) < 4.78 is 49.1. The second kappa shape index (κ2) is 6.11. The number of hydrogen-bond donors (Lipinski definition) is 1. The molecule has 0 bridgehead atoms. The van der Waals surface area contributed by atoms with E-state index in [1.165, 1.54) is 16.9 Å². The third-order valence-corrected chi connectivity index (χ3v) is 5.51. The number of aliphatic hydroxyl groups is 1. The third kappa shape index (κ3) is 2.87. The third-order valence-electron chi connectivity index (χ3n) is 4.36. The maximum absolute atomic E-state index is 14.2. The molecular formula is C18H12F3N3O2S. The van der Waals surface area contributed by atoms with Gasteiger partial charge in [0.1, 0.15) is 17.7 Å². The number of aryl methyl sites for hydroxylation is 1. The smallest absolute Gasteiger partial charge is 0.281 e. The fourth-order valence-electron chi connectivity index (χ4n) is 3.12. The average Bonchev–Trinajstić information content (AvgIpc) is 3.23. The van der Waals surface area contributed by atoms with Gasteiger partial charge in [0.15, 0.2) is 5.06 Å². The van der Waals surface area contributed by atoms with Crippen LogP contribution in [0.3, 0.4) is 0 Å². The lowest BCUT2D eigenvalue weighted by Crippen LogP contribution is -2.22. The number of halogens is 3. The van der Waals surface area contributed by atoms with Crippen molar-refractivity contribution in [1.82, 2.24) is 9.78 Å². The van der Waals surface area contributed by atoms with Crippen molar-refractivity contribution in [1.29, 1.82) is 5.26 Å². The van der Waals surface area contributed by atoms with E-state index in [9.17, 15) is 18.3 Å². The zero-order valence-electron chi connectivity index (χ0n) is 13.9. The molecule has 1 N–H and O–H groups in total. The zero-order chi connectivity index (χ0) is 19.3. The lowest BCUT2D eigenvalue weighted by Gasteiger charge is -2.15. The molecule has 138 valence electrons. The molecular weight excluding hydrogens is 379 g/mol. The first kappa shape index (κ1) is 17.6. The highest BCUT2D eigenvalue weighted by Crippen LogP contribution is 2.55. The van der Waals surface area contributed by atoms with Gasteiger partial charge in [-0.05, 0) is 18.2 Å². The lowest BCUT2D eigenvalue weighted by molar-refractivity contribution is -0.0967. The number of aromatic nitrogens is 2. The van der Waals surface area contributed by atoms with Crippen LogP contribution in [0.4, 0.5) is 13.2 Å². The van der Waals surface area contributed by atoms with E-state index < -0.39 is 24.3 Å². The highest BCUT2D eigenvalue weighted by molar-refractivity contribution is 7.17. The summed E-state index contributed by atoms with van der Waals surface area (Å²) in [5, 5.41) is 23.3. The van der Waals surface area contributed by atoms with Gasteiger partial charge in [-0.3, -0.25) is 4.68 Å². The van der Waals surface area contributed by atoms with E-state index in [-0.39, 0.29) is 27.5 Å². The molecule has 2 aromatic heterocycles. The topological polar surface area (TPSA) is 71.1 Å². The minimum Gasteiger partial charge on any atom is -0.446 e. The van der Waals surface area contributed by atoms with Crippen molar-refractivity contribution >= 4 is 11.3 Å². The summed E-state index contributed by atoms with van der Waals surface area (Å²) in [6.45, 7) is 0. The second-order valence-electron chi connectivity index (χ2n) is 6.18. The summed E-state index contributed by atoms with van der Waals surface area (Å²) in [6.07, 6.45) is -1.13. The van der Waals surface area contributed by atoms with Gasteiger partial charge < -0.3 is 9.84 Å². The largest absolute Gasteiger partial charge is 0.446 e. The van der Waals surface area contributed by atoms with Crippen molar-refractivity contribution in [3.8, 4) is 27.5 Å². The summed E-state index contributed by atoms with van der Waals surface area (Å²) in [4.78, 5) is 0.418. The van der Waals surface area contributed by atoms with Crippen LogP contribution in [0.5, 0.6) is 10.8 Å². The number of nitrogens with zero attached hydrogens (tertiary/aromatic N) is 3. The van der Waals surface area contributed by atoms with Crippen LogP contribution in [0.25, 0.3) is 10.6 Å². The molecule has 0 saturated heterocycles. The monoisotopic (exact) mass is 391 g/mol. The van der Waals surface area contributed by atoms with Crippen LogP contribution < -0.4 is 4.74 Å². The van der Waals surface area contributed by atoms with Crippen LogP contribution in [0, 0.1) is 17.1 Å². The molecule has 1 atom stereocenters. The van der Waals surface area contributed by atoms with Crippen LogP contribution in [0.2, 0.25) is 0 Å². The number of alkyl halides is 2. The van der Waals surface area contributed by atoms with Gasteiger partial charge in [-0.25, -0.2) is 13.2 Å². The van der Waals surface area contributed by atoms with Gasteiger partial charge in [-0.1, -0.05) is 11.3 Å². The van der Waals surface area contributed by atoms with Crippen LogP contribution >= 0.6 is 11.3 Å². The zero-order valence-corrected chi connectivity index (χ0v) is 14.7. The first-order chi connectivity index (χ1) is 12.8. The predicted octanol–water partition coefficient (Wildman–Crippen LogP) is 4.18. The maximum atomic E-state index is 14.2. The molecule has 1 aliphatic rings. The molecule has 0 amide bonds. The molecule has 1 unspecified atom stereocenters. The number of hydrogen-bond acceptors (Lipinski definition) is 5. The van der Waals surface area contributed by atoms with Crippen LogP contribution in [-0.2, 0) is 13.5 Å². The Morgan fingerprint density at radius 2 is 2.19 bits per heavy atom. The van der Waals surface area contributed by atoms with Gasteiger partial charge in [-0.2, -0.15) is 10.4 Å². The molecule has 0 fully saturated rings. The summed E-state index contributed by atoms with van der Waals surface area (Å²) in [6, 6.07) is 6.90. The van der Waals surface area contributed by atoms with E-state index in [1.54, 1.807) is 13.1 Å². The molecule has 3 aromatic rings. The second-order valence-corrected chi connectivity index (χ2v) is 7.16. The van der Waals surface area contributed by atoms with Gasteiger partial charge in [-0.15, -0.1) is 0 Å². The van der Waals surface area contributed by atoms with Crippen molar-refractivity contribution in [2.45, 2.75) is 18.4 Å². The minimum absolute atomic E-state index is 0.0249.